The third-order valence-electron chi connectivity index (χ3n) is 2.77. The third-order valence-corrected chi connectivity index (χ3v) is 5.81. The Hall–Kier alpha value is -1.07. The topological polar surface area (TPSA) is 75.6 Å². The van der Waals surface area contributed by atoms with Gasteiger partial charge in [-0.05, 0) is 18.2 Å². The van der Waals surface area contributed by atoms with Crippen LogP contribution >= 0.6 is 34.9 Å². The zero-order valence-electron chi connectivity index (χ0n) is 10.9. The molecule has 2 aromatic rings. The summed E-state index contributed by atoms with van der Waals surface area (Å²) in [5.41, 5.74) is 6.11. The number of hydrogen-bond acceptors (Lipinski definition) is 7. The molecule has 1 aromatic carbocycles. The number of aromatic nitrogens is 2. The molecule has 1 unspecified atom stereocenters. The maximum atomic E-state index is 9.37. The molecule has 0 saturated heterocycles. The van der Waals surface area contributed by atoms with Crippen LogP contribution in [0.15, 0.2) is 39.0 Å². The Balaban J connectivity index is 1.96. The highest BCUT2D eigenvalue weighted by molar-refractivity contribution is 8.02. The summed E-state index contributed by atoms with van der Waals surface area (Å²) in [6.45, 7) is 0. The molecule has 1 heterocycles. The van der Waals surface area contributed by atoms with Crippen LogP contribution in [0.2, 0.25) is 0 Å². The highest BCUT2D eigenvalue weighted by atomic mass is 32.2. The average molecular weight is 322 g/mol. The second kappa shape index (κ2) is 7.09. The van der Waals surface area contributed by atoms with Crippen LogP contribution in [0, 0.1) is 11.3 Å². The summed E-state index contributed by atoms with van der Waals surface area (Å²) in [7, 11) is 0. The molecule has 1 aromatic heterocycles. The second-order valence-corrected chi connectivity index (χ2v) is 7.46. The standard InChI is InChI=1S/C13H14N4S3/c1-18-11-16-17-12(20-11)19-8-7-13(15,9-14)10-5-3-2-4-6-10/h2-6H,7-8,15H2,1H3. The second-order valence-electron chi connectivity index (χ2n) is 4.09. The Bertz CT molecular complexity index is 593. The molecule has 0 saturated carbocycles. The highest BCUT2D eigenvalue weighted by Crippen LogP contribution is 2.30. The molecule has 0 amide bonds. The summed E-state index contributed by atoms with van der Waals surface area (Å²) in [5.74, 6) is 0.738. The minimum Gasteiger partial charge on any atom is -0.310 e. The van der Waals surface area contributed by atoms with E-state index in [0.29, 0.717) is 6.42 Å². The zero-order chi connectivity index (χ0) is 14.4. The van der Waals surface area contributed by atoms with Gasteiger partial charge >= 0.3 is 0 Å². The van der Waals surface area contributed by atoms with Gasteiger partial charge in [-0.25, -0.2) is 0 Å². The van der Waals surface area contributed by atoms with Gasteiger partial charge in [0, 0.05) is 5.75 Å². The lowest BCUT2D eigenvalue weighted by atomic mass is 9.90. The average Bonchev–Trinajstić information content (AvgIpc) is 2.96. The van der Waals surface area contributed by atoms with Gasteiger partial charge in [0.15, 0.2) is 8.68 Å². The van der Waals surface area contributed by atoms with Gasteiger partial charge in [0.05, 0.1) is 6.07 Å². The highest BCUT2D eigenvalue weighted by Gasteiger charge is 2.26. The third kappa shape index (κ3) is 3.73. The van der Waals surface area contributed by atoms with Gasteiger partial charge < -0.3 is 5.73 Å². The number of thioether (sulfide) groups is 2. The van der Waals surface area contributed by atoms with Crippen LogP contribution in [0.5, 0.6) is 0 Å². The number of benzene rings is 1. The van der Waals surface area contributed by atoms with Crippen LogP contribution in [-0.2, 0) is 5.54 Å². The molecule has 2 N–H and O–H groups in total. The summed E-state index contributed by atoms with van der Waals surface area (Å²) >= 11 is 4.75. The van der Waals surface area contributed by atoms with Crippen molar-refractivity contribution in [3.05, 3.63) is 35.9 Å². The molecule has 0 aliphatic rings. The van der Waals surface area contributed by atoms with Crippen molar-refractivity contribution in [2.45, 2.75) is 20.6 Å². The minimum atomic E-state index is -0.943. The molecule has 1 atom stereocenters. The Morgan fingerprint density at radius 2 is 2.00 bits per heavy atom. The summed E-state index contributed by atoms with van der Waals surface area (Å²) in [6.07, 6.45) is 2.55. The fraction of sp³-hybridized carbons (Fsp3) is 0.308. The van der Waals surface area contributed by atoms with Gasteiger partial charge in [0.25, 0.3) is 0 Å². The van der Waals surface area contributed by atoms with Gasteiger partial charge in [0.2, 0.25) is 0 Å². The van der Waals surface area contributed by atoms with Crippen LogP contribution in [0.4, 0.5) is 0 Å². The van der Waals surface area contributed by atoms with Crippen molar-refractivity contribution >= 4 is 34.9 Å². The predicted molar refractivity (Wildman–Crippen MR) is 85.0 cm³/mol. The molecular weight excluding hydrogens is 308 g/mol. The SMILES string of the molecule is CSc1nnc(SCCC(N)(C#N)c2ccccc2)s1. The van der Waals surface area contributed by atoms with Gasteiger partial charge in [-0.2, -0.15) is 5.26 Å². The van der Waals surface area contributed by atoms with Gasteiger partial charge in [0.1, 0.15) is 5.54 Å². The van der Waals surface area contributed by atoms with E-state index >= 15 is 0 Å². The minimum absolute atomic E-state index is 0.576. The number of hydrogen-bond donors (Lipinski definition) is 1. The Morgan fingerprint density at radius 3 is 2.60 bits per heavy atom. The maximum Gasteiger partial charge on any atom is 0.175 e. The van der Waals surface area contributed by atoms with Crippen LogP contribution in [0.1, 0.15) is 12.0 Å². The van der Waals surface area contributed by atoms with Crippen molar-refractivity contribution in [3.63, 3.8) is 0 Å². The van der Waals surface area contributed by atoms with Crippen LogP contribution in [0.25, 0.3) is 0 Å². The first-order chi connectivity index (χ1) is 9.68. The molecule has 2 rings (SSSR count). The van der Waals surface area contributed by atoms with E-state index in [9.17, 15) is 5.26 Å². The first kappa shape index (κ1) is 15.3. The number of nitrogens with zero attached hydrogens (tertiary/aromatic N) is 3. The van der Waals surface area contributed by atoms with Crippen molar-refractivity contribution in [2.24, 2.45) is 5.73 Å². The number of nitrogens with two attached hydrogens (primary N) is 1. The molecule has 0 radical (unpaired) electrons. The van der Waals surface area contributed by atoms with Gasteiger partial charge in [-0.15, -0.1) is 10.2 Å². The molecule has 0 aliphatic heterocycles. The first-order valence-corrected chi connectivity index (χ1v) is 8.96. The van der Waals surface area contributed by atoms with E-state index in [4.69, 9.17) is 5.73 Å². The molecule has 4 nitrogen and oxygen atoms in total. The summed E-state index contributed by atoms with van der Waals surface area (Å²) < 4.78 is 1.87. The molecular formula is C13H14N4S3. The maximum absolute atomic E-state index is 9.37. The normalized spacial score (nSPS) is 13.7. The van der Waals surface area contributed by atoms with E-state index < -0.39 is 5.54 Å². The Labute approximate surface area is 130 Å². The predicted octanol–water partition coefficient (Wildman–Crippen LogP) is 3.12. The van der Waals surface area contributed by atoms with E-state index in [1.54, 1.807) is 34.9 Å². The van der Waals surface area contributed by atoms with Crippen molar-refractivity contribution in [2.75, 3.05) is 12.0 Å². The molecule has 7 heteroatoms. The fourth-order valence-corrected chi connectivity index (χ4v) is 4.22. The molecule has 0 spiro atoms. The van der Waals surface area contributed by atoms with E-state index in [0.717, 1.165) is 20.0 Å². The summed E-state index contributed by atoms with van der Waals surface area (Å²) in [5, 5.41) is 17.5. The van der Waals surface area contributed by atoms with Crippen LogP contribution in [-0.4, -0.2) is 22.2 Å². The van der Waals surface area contributed by atoms with Crippen molar-refractivity contribution in [1.29, 1.82) is 5.26 Å². The quantitative estimate of drug-likeness (QED) is 0.824. The fourth-order valence-electron chi connectivity index (χ4n) is 1.64. The zero-order valence-corrected chi connectivity index (χ0v) is 13.4. The smallest absolute Gasteiger partial charge is 0.175 e. The first-order valence-electron chi connectivity index (χ1n) is 5.94. The molecule has 20 heavy (non-hydrogen) atoms. The Kier molecular flexibility index (Phi) is 5.43. The Morgan fingerprint density at radius 1 is 1.30 bits per heavy atom. The van der Waals surface area contributed by atoms with E-state index in [2.05, 4.69) is 16.3 Å². The number of rotatable bonds is 6. The van der Waals surface area contributed by atoms with Gasteiger partial charge in [-0.1, -0.05) is 65.2 Å². The molecule has 104 valence electrons. The van der Waals surface area contributed by atoms with Crippen molar-refractivity contribution < 1.29 is 0 Å². The lowest BCUT2D eigenvalue weighted by Crippen LogP contribution is -2.35. The van der Waals surface area contributed by atoms with Crippen LogP contribution < -0.4 is 5.73 Å². The van der Waals surface area contributed by atoms with Gasteiger partial charge in [-0.3, -0.25) is 0 Å². The van der Waals surface area contributed by atoms with E-state index in [-0.39, 0.29) is 0 Å². The lowest BCUT2D eigenvalue weighted by molar-refractivity contribution is 0.560. The largest absolute Gasteiger partial charge is 0.310 e. The molecule has 0 bridgehead atoms. The van der Waals surface area contributed by atoms with Crippen LogP contribution in [0.3, 0.4) is 0 Å². The summed E-state index contributed by atoms with van der Waals surface area (Å²) in [4.78, 5) is 0. The lowest BCUT2D eigenvalue weighted by Gasteiger charge is -2.21. The van der Waals surface area contributed by atoms with E-state index in [1.165, 1.54) is 0 Å². The monoisotopic (exact) mass is 322 g/mol. The summed E-state index contributed by atoms with van der Waals surface area (Å²) in [6, 6.07) is 11.7. The van der Waals surface area contributed by atoms with E-state index in [1.807, 2.05) is 36.6 Å². The van der Waals surface area contributed by atoms with Crippen molar-refractivity contribution in [1.82, 2.24) is 10.2 Å². The van der Waals surface area contributed by atoms with Crippen molar-refractivity contribution in [3.8, 4) is 6.07 Å². The molecule has 0 aliphatic carbocycles. The number of nitriles is 1. The molecule has 0 fully saturated rings.